The smallest absolute Gasteiger partial charge is 0.230 e. The van der Waals surface area contributed by atoms with Crippen molar-refractivity contribution < 1.29 is 9.59 Å². The van der Waals surface area contributed by atoms with E-state index in [1.54, 1.807) is 5.38 Å². The second-order valence-corrected chi connectivity index (χ2v) is 7.20. The lowest BCUT2D eigenvalue weighted by Crippen LogP contribution is -2.17. The zero-order valence-electron chi connectivity index (χ0n) is 12.8. The first-order valence-electron chi connectivity index (χ1n) is 6.90. The number of anilines is 1. The maximum atomic E-state index is 12.3. The molecule has 1 aromatic rings. The number of primary amides is 1. The number of carbonyl (C=O) groups excluding carboxylic acids is 2. The van der Waals surface area contributed by atoms with Crippen molar-refractivity contribution >= 4 is 28.3 Å². The van der Waals surface area contributed by atoms with E-state index in [2.05, 4.69) is 30.2 Å². The van der Waals surface area contributed by atoms with E-state index in [0.29, 0.717) is 10.8 Å². The van der Waals surface area contributed by atoms with Crippen LogP contribution in [0.5, 0.6) is 0 Å². The van der Waals surface area contributed by atoms with Crippen molar-refractivity contribution in [2.75, 3.05) is 5.32 Å². The van der Waals surface area contributed by atoms with E-state index in [1.807, 2.05) is 13.8 Å². The van der Waals surface area contributed by atoms with Crippen LogP contribution in [0.4, 0.5) is 5.13 Å². The van der Waals surface area contributed by atoms with Crippen LogP contribution in [0.1, 0.15) is 33.4 Å². The lowest BCUT2D eigenvalue weighted by molar-refractivity contribution is -0.118. The number of carbonyl (C=O) groups is 2. The molecule has 1 aromatic heterocycles. The molecule has 6 heteroatoms. The topological polar surface area (TPSA) is 85.1 Å². The zero-order chi connectivity index (χ0) is 15.8. The average Bonchev–Trinajstić information content (AvgIpc) is 2.67. The van der Waals surface area contributed by atoms with Crippen LogP contribution in [0.15, 0.2) is 17.0 Å². The molecule has 2 atom stereocenters. The summed E-state index contributed by atoms with van der Waals surface area (Å²) in [6.45, 7) is 8.28. The Morgan fingerprint density at radius 1 is 1.48 bits per heavy atom. The molecule has 1 aliphatic carbocycles. The molecule has 0 aromatic carbocycles. The molecule has 0 spiro atoms. The number of nitrogens with two attached hydrogens (primary N) is 1. The summed E-state index contributed by atoms with van der Waals surface area (Å²) in [6, 6.07) is 0. The summed E-state index contributed by atoms with van der Waals surface area (Å²) in [7, 11) is 0. The third-order valence-electron chi connectivity index (χ3n) is 3.84. The lowest BCUT2D eigenvalue weighted by Gasteiger charge is -2.02. The van der Waals surface area contributed by atoms with Gasteiger partial charge in [0, 0.05) is 5.38 Å². The van der Waals surface area contributed by atoms with E-state index in [1.165, 1.54) is 16.9 Å². The zero-order valence-corrected chi connectivity index (χ0v) is 13.6. The Kier molecular flexibility index (Phi) is 4.18. The Bertz CT molecular complexity index is 600. The summed E-state index contributed by atoms with van der Waals surface area (Å²) >= 11 is 1.31. The van der Waals surface area contributed by atoms with Gasteiger partial charge in [0.2, 0.25) is 11.8 Å². The van der Waals surface area contributed by atoms with Gasteiger partial charge in [-0.1, -0.05) is 25.5 Å². The van der Waals surface area contributed by atoms with Crippen molar-refractivity contribution in [1.82, 2.24) is 4.98 Å². The summed E-state index contributed by atoms with van der Waals surface area (Å²) in [4.78, 5) is 27.4. The number of rotatable bonds is 5. The largest absolute Gasteiger partial charge is 0.369 e. The van der Waals surface area contributed by atoms with Crippen molar-refractivity contribution in [1.29, 1.82) is 0 Å². The molecule has 0 radical (unpaired) electrons. The number of hydrogen-bond donors (Lipinski definition) is 2. The number of nitrogens with one attached hydrogen (secondary N) is 1. The van der Waals surface area contributed by atoms with Gasteiger partial charge < -0.3 is 11.1 Å². The quantitative estimate of drug-likeness (QED) is 0.819. The van der Waals surface area contributed by atoms with Gasteiger partial charge in [-0.05, 0) is 25.2 Å². The molecule has 3 N–H and O–H groups in total. The van der Waals surface area contributed by atoms with Crippen molar-refractivity contribution in [2.24, 2.45) is 23.0 Å². The Morgan fingerprint density at radius 3 is 2.71 bits per heavy atom. The fraction of sp³-hybridized carbons (Fsp3) is 0.533. The molecule has 2 rings (SSSR count). The summed E-state index contributed by atoms with van der Waals surface area (Å²) in [6.07, 6.45) is 2.26. The molecule has 0 bridgehead atoms. The van der Waals surface area contributed by atoms with Crippen LogP contribution in [-0.4, -0.2) is 16.8 Å². The highest BCUT2D eigenvalue weighted by atomic mass is 32.1. The predicted octanol–water partition coefficient (Wildman–Crippen LogP) is 2.35. The fourth-order valence-corrected chi connectivity index (χ4v) is 3.37. The van der Waals surface area contributed by atoms with E-state index < -0.39 is 5.91 Å². The molecule has 1 fully saturated rings. The molecule has 21 heavy (non-hydrogen) atoms. The number of allylic oxidation sites excluding steroid dienone is 2. The first-order valence-corrected chi connectivity index (χ1v) is 7.78. The summed E-state index contributed by atoms with van der Waals surface area (Å²) in [5, 5.41) is 5.11. The molecule has 5 nitrogen and oxygen atoms in total. The fourth-order valence-electron chi connectivity index (χ4n) is 2.66. The number of aromatic nitrogens is 1. The monoisotopic (exact) mass is 307 g/mol. The molecule has 1 aliphatic rings. The van der Waals surface area contributed by atoms with Crippen LogP contribution in [0.3, 0.4) is 0 Å². The highest BCUT2D eigenvalue weighted by molar-refractivity contribution is 7.13. The Balaban J connectivity index is 2.01. The van der Waals surface area contributed by atoms with E-state index >= 15 is 0 Å². The van der Waals surface area contributed by atoms with E-state index in [-0.39, 0.29) is 29.6 Å². The minimum Gasteiger partial charge on any atom is -0.369 e. The van der Waals surface area contributed by atoms with E-state index in [9.17, 15) is 9.59 Å². The molecule has 1 saturated carbocycles. The third-order valence-corrected chi connectivity index (χ3v) is 4.65. The Hall–Kier alpha value is -1.69. The van der Waals surface area contributed by atoms with Crippen LogP contribution >= 0.6 is 11.3 Å². The number of hydrogen-bond acceptors (Lipinski definition) is 4. The van der Waals surface area contributed by atoms with Gasteiger partial charge in [0.1, 0.15) is 0 Å². The average molecular weight is 307 g/mol. The summed E-state index contributed by atoms with van der Waals surface area (Å²) in [5.74, 6) is -0.198. The molecule has 2 unspecified atom stereocenters. The number of amides is 2. The predicted molar refractivity (Wildman–Crippen MR) is 83.8 cm³/mol. The minimum absolute atomic E-state index is 0.0116. The molecule has 0 saturated heterocycles. The first-order chi connectivity index (χ1) is 9.71. The van der Waals surface area contributed by atoms with Crippen molar-refractivity contribution in [3.63, 3.8) is 0 Å². The lowest BCUT2D eigenvalue weighted by atomic mass is 10.1. The SMILES string of the molecule is CC(C)=CC1C(C(=O)Nc2nc(CC(N)=O)cs2)C1(C)C. The standard InChI is InChI=1S/C15H21N3O2S/c1-8(2)5-10-12(15(10,3)4)13(20)18-14-17-9(7-21-14)6-11(16)19/h5,7,10,12H,6H2,1-4H3,(H2,16,19)(H,17,18,20). The summed E-state index contributed by atoms with van der Waals surface area (Å²) in [5.41, 5.74) is 6.93. The van der Waals surface area contributed by atoms with E-state index in [4.69, 9.17) is 5.73 Å². The maximum Gasteiger partial charge on any atom is 0.230 e. The van der Waals surface area contributed by atoms with Gasteiger partial charge in [-0.3, -0.25) is 9.59 Å². The van der Waals surface area contributed by atoms with Crippen molar-refractivity contribution in [2.45, 2.75) is 34.1 Å². The highest BCUT2D eigenvalue weighted by Crippen LogP contribution is 2.59. The van der Waals surface area contributed by atoms with Crippen molar-refractivity contribution in [3.05, 3.63) is 22.7 Å². The number of thiazole rings is 1. The normalized spacial score (nSPS) is 22.5. The van der Waals surface area contributed by atoms with Gasteiger partial charge in [-0.15, -0.1) is 11.3 Å². The van der Waals surface area contributed by atoms with Crippen molar-refractivity contribution in [3.8, 4) is 0 Å². The van der Waals surface area contributed by atoms with E-state index in [0.717, 1.165) is 0 Å². The molecule has 0 aliphatic heterocycles. The van der Waals surface area contributed by atoms with Gasteiger partial charge in [0.25, 0.3) is 0 Å². The first kappa shape index (κ1) is 15.7. The summed E-state index contributed by atoms with van der Waals surface area (Å²) < 4.78 is 0. The molecule has 1 heterocycles. The van der Waals surface area contributed by atoms with Crippen LogP contribution in [0.2, 0.25) is 0 Å². The molecule has 2 amide bonds. The highest BCUT2D eigenvalue weighted by Gasteiger charge is 2.60. The molecular weight excluding hydrogens is 286 g/mol. The van der Waals surface area contributed by atoms with Crippen LogP contribution in [0.25, 0.3) is 0 Å². The van der Waals surface area contributed by atoms with Gasteiger partial charge in [0.15, 0.2) is 5.13 Å². The van der Waals surface area contributed by atoms with Gasteiger partial charge in [-0.25, -0.2) is 4.98 Å². The third kappa shape index (κ3) is 3.50. The minimum atomic E-state index is -0.426. The van der Waals surface area contributed by atoms with Crippen LogP contribution in [0, 0.1) is 17.3 Å². The Labute approximate surface area is 128 Å². The second-order valence-electron chi connectivity index (χ2n) is 6.35. The van der Waals surface area contributed by atoms with Gasteiger partial charge >= 0.3 is 0 Å². The molecular formula is C15H21N3O2S. The van der Waals surface area contributed by atoms with Gasteiger partial charge in [-0.2, -0.15) is 0 Å². The second kappa shape index (κ2) is 5.60. The maximum absolute atomic E-state index is 12.3. The van der Waals surface area contributed by atoms with Crippen LogP contribution in [-0.2, 0) is 16.0 Å². The number of nitrogens with zero attached hydrogens (tertiary/aromatic N) is 1. The van der Waals surface area contributed by atoms with Crippen LogP contribution < -0.4 is 11.1 Å². The molecule has 114 valence electrons. The van der Waals surface area contributed by atoms with Gasteiger partial charge in [0.05, 0.1) is 18.0 Å². The Morgan fingerprint density at radius 2 is 2.14 bits per heavy atom.